The number of ether oxygens (including phenoxy) is 2. The van der Waals surface area contributed by atoms with Crippen LogP contribution in [0.4, 0.5) is 18.9 Å². The van der Waals surface area contributed by atoms with Gasteiger partial charge in [-0.2, -0.15) is 13.2 Å². The highest BCUT2D eigenvalue weighted by Crippen LogP contribution is 2.69. The maximum atomic E-state index is 14.0. The number of methoxy groups -OCH3 is 1. The lowest BCUT2D eigenvalue weighted by Gasteiger charge is -2.43. The second-order valence-electron chi connectivity index (χ2n) is 12.3. The molecule has 0 spiro atoms. The Labute approximate surface area is 280 Å². The Balaban J connectivity index is 1.16. The normalized spacial score (nSPS) is 27.5. The number of nitrogens with zero attached hydrogens (tertiary/aromatic N) is 1. The molecule has 242 valence electrons. The van der Waals surface area contributed by atoms with Crippen molar-refractivity contribution in [1.29, 1.82) is 0 Å². The minimum absolute atomic E-state index is 0.122. The zero-order valence-corrected chi connectivity index (χ0v) is 27.0. The van der Waals surface area contributed by atoms with Crippen LogP contribution in [-0.4, -0.2) is 29.2 Å². The van der Waals surface area contributed by atoms with Crippen molar-refractivity contribution in [3.05, 3.63) is 103 Å². The number of alkyl halides is 3. The van der Waals surface area contributed by atoms with Crippen LogP contribution in [0.2, 0.25) is 5.02 Å². The molecular formula is C34H26ClF3N2O5S2. The maximum absolute atomic E-state index is 14.0. The van der Waals surface area contributed by atoms with Gasteiger partial charge >= 0.3 is 11.0 Å². The number of hydrogen-bond donors (Lipinski definition) is 1. The maximum Gasteiger partial charge on any atom is 0.418 e. The topological polar surface area (TPSA) is 88.7 Å². The lowest BCUT2D eigenvalue weighted by atomic mass is 9.68. The van der Waals surface area contributed by atoms with E-state index in [1.165, 1.54) is 30.0 Å². The zero-order valence-electron chi connectivity index (χ0n) is 24.6. The fourth-order valence-corrected chi connectivity index (χ4v) is 11.4. The van der Waals surface area contributed by atoms with Crippen LogP contribution >= 0.6 is 34.7 Å². The molecule has 8 rings (SSSR count). The van der Waals surface area contributed by atoms with Gasteiger partial charge in [-0.05, 0) is 71.7 Å². The number of rotatable bonds is 6. The molecule has 3 fully saturated rings. The van der Waals surface area contributed by atoms with E-state index in [0.29, 0.717) is 22.9 Å². The van der Waals surface area contributed by atoms with E-state index in [2.05, 4.69) is 4.98 Å². The summed E-state index contributed by atoms with van der Waals surface area (Å²) in [4.78, 5) is 44.9. The summed E-state index contributed by atoms with van der Waals surface area (Å²) < 4.78 is 53.8. The van der Waals surface area contributed by atoms with E-state index >= 15 is 0 Å². The van der Waals surface area contributed by atoms with Crippen molar-refractivity contribution in [3.63, 3.8) is 0 Å². The van der Waals surface area contributed by atoms with Gasteiger partial charge in [0.25, 0.3) is 0 Å². The van der Waals surface area contributed by atoms with E-state index in [4.69, 9.17) is 21.1 Å². The van der Waals surface area contributed by atoms with E-state index in [1.54, 1.807) is 13.2 Å². The summed E-state index contributed by atoms with van der Waals surface area (Å²) in [6, 6.07) is 17.7. The highest BCUT2D eigenvalue weighted by atomic mass is 35.5. The fourth-order valence-electron chi connectivity index (χ4n) is 8.32. The van der Waals surface area contributed by atoms with Crippen molar-refractivity contribution in [2.24, 2.45) is 29.6 Å². The number of thiazole rings is 1. The Morgan fingerprint density at radius 2 is 1.72 bits per heavy atom. The molecule has 2 saturated carbocycles. The number of para-hydroxylation sites is 1. The molecule has 13 heteroatoms. The van der Waals surface area contributed by atoms with Crippen LogP contribution in [0, 0.1) is 29.6 Å². The number of aromatic amines is 1. The first kappa shape index (κ1) is 30.6. The van der Waals surface area contributed by atoms with Crippen molar-refractivity contribution >= 4 is 52.2 Å². The average molecular weight is 699 g/mol. The minimum Gasteiger partial charge on any atom is -0.493 e. The van der Waals surface area contributed by atoms with Crippen molar-refractivity contribution in [3.8, 4) is 11.5 Å². The van der Waals surface area contributed by atoms with Gasteiger partial charge in [-0.15, -0.1) is 11.8 Å². The first-order valence-corrected chi connectivity index (χ1v) is 17.1. The summed E-state index contributed by atoms with van der Waals surface area (Å²) in [6.07, 6.45) is -4.12. The zero-order chi connectivity index (χ0) is 32.8. The van der Waals surface area contributed by atoms with E-state index in [9.17, 15) is 27.6 Å². The van der Waals surface area contributed by atoms with Crippen LogP contribution in [0.5, 0.6) is 11.5 Å². The molecule has 7 atom stereocenters. The van der Waals surface area contributed by atoms with E-state index in [-0.39, 0.29) is 40.4 Å². The highest BCUT2D eigenvalue weighted by Gasteiger charge is 2.70. The number of imide groups is 1. The summed E-state index contributed by atoms with van der Waals surface area (Å²) in [6.45, 7) is 0.265. The summed E-state index contributed by atoms with van der Waals surface area (Å²) in [5.41, 5.74) is 0.321. The highest BCUT2D eigenvalue weighted by molar-refractivity contribution is 8.00. The standard InChI is InChI=1S/C34H26ClF3N2O5S2/c1-44-23-12-16(9-10-22(23)45-14-15-5-4-6-17(35)11-15)24-25-18-13-19(28(25)46-30-29(24)47-33(43)39-30)27-26(18)31(41)40(32(27)42)21-8-3-2-7-20(21)34(36,37)38/h2-12,18-19,24-28H,13-14H2,1H3,(H,39,43)/t18-,19-,24?,25?,26?,27?,28?/m1/s1. The number of hydrogen-bond acceptors (Lipinski definition) is 7. The number of halogens is 4. The number of fused-ring (bicyclic) bond motifs is 9. The lowest BCUT2D eigenvalue weighted by Crippen LogP contribution is -2.42. The van der Waals surface area contributed by atoms with Crippen LogP contribution < -0.4 is 19.2 Å². The Kier molecular flexibility index (Phi) is 7.27. The Morgan fingerprint density at radius 1 is 0.957 bits per heavy atom. The third-order valence-electron chi connectivity index (χ3n) is 10.0. The smallest absolute Gasteiger partial charge is 0.418 e. The third kappa shape index (κ3) is 4.82. The molecule has 1 N–H and O–H groups in total. The molecule has 2 aliphatic carbocycles. The van der Waals surface area contributed by atoms with Gasteiger partial charge in [-0.25, -0.2) is 4.90 Å². The van der Waals surface area contributed by atoms with E-state index in [0.717, 1.165) is 43.3 Å². The van der Waals surface area contributed by atoms with Gasteiger partial charge < -0.3 is 14.5 Å². The number of carbonyl (C=O) groups excluding carboxylic acids is 2. The van der Waals surface area contributed by atoms with Crippen molar-refractivity contribution < 1.29 is 32.2 Å². The van der Waals surface area contributed by atoms with Crippen LogP contribution in [0.1, 0.15) is 33.9 Å². The van der Waals surface area contributed by atoms with Crippen LogP contribution in [0.15, 0.2) is 76.6 Å². The molecule has 1 aromatic heterocycles. The number of amides is 2. The number of nitrogens with one attached hydrogen (secondary N) is 1. The molecular weight excluding hydrogens is 673 g/mol. The van der Waals surface area contributed by atoms with Gasteiger partial charge in [0, 0.05) is 21.1 Å². The second kappa shape index (κ2) is 11.2. The van der Waals surface area contributed by atoms with Crippen LogP contribution in [-0.2, 0) is 22.4 Å². The SMILES string of the molecule is COc1cc(C2c3sc(=O)[nH]c3SC3C2[C@H]2C[C@@H]3C3C(=O)N(c4ccccc4C(F)(F)F)C(=O)C32)ccc1OCc1cccc(Cl)c1. The molecule has 2 amide bonds. The Morgan fingerprint density at radius 3 is 2.47 bits per heavy atom. The molecule has 2 bridgehead atoms. The number of H-pyrrole nitrogens is 1. The van der Waals surface area contributed by atoms with Crippen molar-refractivity contribution in [2.45, 2.75) is 35.4 Å². The van der Waals surface area contributed by atoms with Crippen LogP contribution in [0.3, 0.4) is 0 Å². The van der Waals surface area contributed by atoms with Crippen LogP contribution in [0.25, 0.3) is 0 Å². The minimum atomic E-state index is -4.73. The van der Waals surface area contributed by atoms with E-state index < -0.39 is 41.1 Å². The molecule has 0 radical (unpaired) electrons. The van der Waals surface area contributed by atoms with Crippen molar-refractivity contribution in [2.75, 3.05) is 12.0 Å². The van der Waals surface area contributed by atoms with Gasteiger partial charge in [-0.1, -0.05) is 53.3 Å². The summed E-state index contributed by atoms with van der Waals surface area (Å²) in [7, 11) is 1.54. The molecule has 4 aromatic rings. The molecule has 3 heterocycles. The fraction of sp³-hybridized carbons (Fsp3) is 0.324. The molecule has 1 saturated heterocycles. The monoisotopic (exact) mass is 698 g/mol. The molecule has 4 aliphatic rings. The molecule has 47 heavy (non-hydrogen) atoms. The van der Waals surface area contributed by atoms with Gasteiger partial charge in [-0.3, -0.25) is 14.4 Å². The number of aromatic nitrogens is 1. The van der Waals surface area contributed by atoms with Crippen molar-refractivity contribution in [1.82, 2.24) is 4.98 Å². The van der Waals surface area contributed by atoms with Gasteiger partial charge in [0.1, 0.15) is 6.61 Å². The molecule has 3 aromatic carbocycles. The third-order valence-corrected chi connectivity index (χ3v) is 12.8. The Bertz CT molecular complexity index is 2000. The summed E-state index contributed by atoms with van der Waals surface area (Å²) in [5.74, 6) is -2.54. The lowest BCUT2D eigenvalue weighted by molar-refractivity contribution is -0.137. The van der Waals surface area contributed by atoms with Gasteiger partial charge in [0.15, 0.2) is 11.5 Å². The molecule has 2 aliphatic heterocycles. The largest absolute Gasteiger partial charge is 0.493 e. The predicted octanol–water partition coefficient (Wildman–Crippen LogP) is 7.37. The van der Waals surface area contributed by atoms with Gasteiger partial charge in [0.2, 0.25) is 11.8 Å². The Hall–Kier alpha value is -3.74. The number of thioether (sulfide) groups is 1. The first-order chi connectivity index (χ1) is 22.5. The number of anilines is 1. The summed E-state index contributed by atoms with van der Waals surface area (Å²) in [5, 5.41) is 1.21. The number of carbonyl (C=O) groups is 2. The number of benzene rings is 3. The summed E-state index contributed by atoms with van der Waals surface area (Å²) >= 11 is 8.76. The first-order valence-electron chi connectivity index (χ1n) is 15.0. The predicted molar refractivity (Wildman–Crippen MR) is 171 cm³/mol. The average Bonchev–Trinajstić information content (AvgIpc) is 3.78. The van der Waals surface area contributed by atoms with E-state index in [1.807, 2.05) is 36.4 Å². The molecule has 5 unspecified atom stereocenters. The quantitative estimate of drug-likeness (QED) is 0.212. The second-order valence-corrected chi connectivity index (χ2v) is 15.0. The van der Waals surface area contributed by atoms with Gasteiger partial charge in [0.05, 0.1) is 35.2 Å². The molecule has 7 nitrogen and oxygen atoms in total.